The van der Waals surface area contributed by atoms with Crippen molar-refractivity contribution in [3.8, 4) is 17.3 Å². The van der Waals surface area contributed by atoms with Gasteiger partial charge in [-0.05, 0) is 24.3 Å². The van der Waals surface area contributed by atoms with Gasteiger partial charge in [0.2, 0.25) is 0 Å². The van der Waals surface area contributed by atoms with Gasteiger partial charge in [0, 0.05) is 11.8 Å². The maximum atomic E-state index is 12.0. The third-order valence-corrected chi connectivity index (χ3v) is 3.61. The molecule has 7 heteroatoms. The number of nitrogens with zero attached hydrogens (tertiary/aromatic N) is 2. The van der Waals surface area contributed by atoms with Gasteiger partial charge in [0.15, 0.2) is 6.61 Å². The van der Waals surface area contributed by atoms with Crippen molar-refractivity contribution < 1.29 is 14.3 Å². The van der Waals surface area contributed by atoms with Crippen molar-refractivity contribution in [3.05, 3.63) is 65.8 Å². The van der Waals surface area contributed by atoms with Crippen LogP contribution in [0.25, 0.3) is 5.69 Å². The number of rotatable bonds is 6. The molecule has 0 fully saturated rings. The minimum atomic E-state index is -0.321. The molecular weight excluding hydrogens is 342 g/mol. The molecule has 1 amide bonds. The first-order valence-electron chi connectivity index (χ1n) is 7.53. The summed E-state index contributed by atoms with van der Waals surface area (Å²) in [5, 5.41) is 7.30. The highest BCUT2D eigenvalue weighted by atomic mass is 35.5. The molecule has 0 aliphatic carbocycles. The minimum Gasteiger partial charge on any atom is -0.497 e. The number of hydrogen-bond donors (Lipinski definition) is 1. The molecule has 3 aromatic rings. The number of methoxy groups -OCH3 is 1. The van der Waals surface area contributed by atoms with Crippen LogP contribution >= 0.6 is 11.6 Å². The van der Waals surface area contributed by atoms with Crippen molar-refractivity contribution in [1.82, 2.24) is 9.78 Å². The molecule has 128 valence electrons. The van der Waals surface area contributed by atoms with Crippen molar-refractivity contribution in [1.29, 1.82) is 0 Å². The number of carbonyl (C=O) groups is 1. The van der Waals surface area contributed by atoms with Gasteiger partial charge in [-0.1, -0.05) is 35.9 Å². The predicted molar refractivity (Wildman–Crippen MR) is 95.7 cm³/mol. The highest BCUT2D eigenvalue weighted by Crippen LogP contribution is 2.24. The second kappa shape index (κ2) is 7.72. The summed E-state index contributed by atoms with van der Waals surface area (Å²) in [7, 11) is 1.56. The van der Waals surface area contributed by atoms with E-state index in [9.17, 15) is 4.79 Å². The van der Waals surface area contributed by atoms with Gasteiger partial charge in [0.1, 0.15) is 10.8 Å². The lowest BCUT2D eigenvalue weighted by atomic mass is 10.3. The number of aromatic nitrogens is 2. The molecule has 1 N–H and O–H groups in total. The van der Waals surface area contributed by atoms with E-state index in [1.807, 2.05) is 30.3 Å². The van der Waals surface area contributed by atoms with Crippen LogP contribution in [0.1, 0.15) is 0 Å². The molecule has 1 aromatic heterocycles. The third kappa shape index (κ3) is 4.30. The topological polar surface area (TPSA) is 65.4 Å². The number of anilines is 1. The highest BCUT2D eigenvalue weighted by molar-refractivity contribution is 6.31. The van der Waals surface area contributed by atoms with Gasteiger partial charge in [0.25, 0.3) is 11.8 Å². The lowest BCUT2D eigenvalue weighted by Gasteiger charge is -2.07. The van der Waals surface area contributed by atoms with Crippen molar-refractivity contribution in [2.45, 2.75) is 0 Å². The maximum absolute atomic E-state index is 12.0. The van der Waals surface area contributed by atoms with E-state index in [4.69, 9.17) is 21.1 Å². The smallest absolute Gasteiger partial charge is 0.262 e. The Hall–Kier alpha value is -2.99. The second-order valence-corrected chi connectivity index (χ2v) is 5.54. The fourth-order valence-electron chi connectivity index (χ4n) is 2.18. The molecule has 0 aliphatic rings. The van der Waals surface area contributed by atoms with Gasteiger partial charge in [-0.25, -0.2) is 4.68 Å². The lowest BCUT2D eigenvalue weighted by Crippen LogP contribution is -2.20. The number of nitrogens with one attached hydrogen (secondary N) is 1. The standard InChI is InChI=1S/C18H16ClN3O3/c1-24-15-9-5-6-13(10-15)20-17(23)12-25-18-16(19)11-22(21-18)14-7-3-2-4-8-14/h2-11H,12H2,1H3,(H,20,23). The molecule has 2 aromatic carbocycles. The number of ether oxygens (including phenoxy) is 2. The molecule has 1 heterocycles. The Kier molecular flexibility index (Phi) is 5.20. The number of benzene rings is 2. The summed E-state index contributed by atoms with van der Waals surface area (Å²) < 4.78 is 12.1. The molecule has 0 atom stereocenters. The Morgan fingerprint density at radius 1 is 1.20 bits per heavy atom. The molecule has 3 rings (SSSR count). The van der Waals surface area contributed by atoms with Crippen LogP contribution in [0.15, 0.2) is 60.8 Å². The first-order chi connectivity index (χ1) is 12.2. The van der Waals surface area contributed by atoms with Crippen LogP contribution < -0.4 is 14.8 Å². The van der Waals surface area contributed by atoms with Gasteiger partial charge >= 0.3 is 0 Å². The zero-order valence-electron chi connectivity index (χ0n) is 13.5. The van der Waals surface area contributed by atoms with E-state index in [1.165, 1.54) is 0 Å². The molecule has 0 spiro atoms. The molecule has 0 radical (unpaired) electrons. The van der Waals surface area contributed by atoms with E-state index < -0.39 is 0 Å². The van der Waals surface area contributed by atoms with E-state index in [1.54, 1.807) is 42.3 Å². The Morgan fingerprint density at radius 3 is 2.76 bits per heavy atom. The SMILES string of the molecule is COc1cccc(NC(=O)COc2nn(-c3ccccc3)cc2Cl)c1. The number of hydrogen-bond acceptors (Lipinski definition) is 4. The fraction of sp³-hybridized carbons (Fsp3) is 0.111. The van der Waals surface area contributed by atoms with Crippen LogP contribution in [-0.2, 0) is 4.79 Å². The summed E-state index contributed by atoms with van der Waals surface area (Å²) >= 11 is 6.12. The molecule has 0 aliphatic heterocycles. The molecule has 0 bridgehead atoms. The number of carbonyl (C=O) groups excluding carboxylic acids is 1. The monoisotopic (exact) mass is 357 g/mol. The average molecular weight is 358 g/mol. The molecule has 0 unspecified atom stereocenters. The van der Waals surface area contributed by atoms with Gasteiger partial charge in [0.05, 0.1) is 19.0 Å². The van der Waals surface area contributed by atoms with Crippen LogP contribution in [0.5, 0.6) is 11.6 Å². The average Bonchev–Trinajstić information content (AvgIpc) is 3.02. The largest absolute Gasteiger partial charge is 0.497 e. The first-order valence-corrected chi connectivity index (χ1v) is 7.91. The first kappa shape index (κ1) is 16.9. The molecule has 0 saturated carbocycles. The van der Waals surface area contributed by atoms with Gasteiger partial charge in [-0.3, -0.25) is 4.79 Å². The van der Waals surface area contributed by atoms with Gasteiger partial charge < -0.3 is 14.8 Å². The molecular formula is C18H16ClN3O3. The van der Waals surface area contributed by atoms with Crippen LogP contribution in [0.4, 0.5) is 5.69 Å². The zero-order valence-corrected chi connectivity index (χ0v) is 14.2. The van der Waals surface area contributed by atoms with Gasteiger partial charge in [-0.2, -0.15) is 0 Å². The molecule has 25 heavy (non-hydrogen) atoms. The summed E-state index contributed by atoms with van der Waals surface area (Å²) in [6, 6.07) is 16.5. The lowest BCUT2D eigenvalue weighted by molar-refractivity contribution is -0.118. The number of halogens is 1. The van der Waals surface area contributed by atoms with E-state index in [0.717, 1.165) is 5.69 Å². The van der Waals surface area contributed by atoms with E-state index in [2.05, 4.69) is 10.4 Å². The summed E-state index contributed by atoms with van der Waals surface area (Å²) in [5.41, 5.74) is 1.47. The maximum Gasteiger partial charge on any atom is 0.262 e. The summed E-state index contributed by atoms with van der Waals surface area (Å²) in [6.07, 6.45) is 1.63. The Balaban J connectivity index is 1.61. The highest BCUT2D eigenvalue weighted by Gasteiger charge is 2.12. The van der Waals surface area contributed by atoms with Crippen molar-refractivity contribution >= 4 is 23.2 Å². The molecule has 6 nitrogen and oxygen atoms in total. The minimum absolute atomic E-state index is 0.200. The van der Waals surface area contributed by atoms with E-state index in [-0.39, 0.29) is 18.4 Å². The van der Waals surface area contributed by atoms with E-state index in [0.29, 0.717) is 16.5 Å². The normalized spacial score (nSPS) is 10.3. The Labute approximate surface area is 149 Å². The summed E-state index contributed by atoms with van der Waals surface area (Å²) in [6.45, 7) is -0.206. The van der Waals surface area contributed by atoms with Crippen molar-refractivity contribution in [2.24, 2.45) is 0 Å². The Bertz CT molecular complexity index is 865. The van der Waals surface area contributed by atoms with E-state index >= 15 is 0 Å². The number of para-hydroxylation sites is 1. The Morgan fingerprint density at radius 2 is 2.00 bits per heavy atom. The number of amides is 1. The van der Waals surface area contributed by atoms with Crippen LogP contribution in [0.3, 0.4) is 0 Å². The van der Waals surface area contributed by atoms with Crippen LogP contribution in [-0.4, -0.2) is 29.4 Å². The zero-order chi connectivity index (χ0) is 17.6. The van der Waals surface area contributed by atoms with Gasteiger partial charge in [-0.15, -0.1) is 5.10 Å². The predicted octanol–water partition coefficient (Wildman–Crippen LogP) is 3.55. The third-order valence-electron chi connectivity index (χ3n) is 3.35. The summed E-state index contributed by atoms with van der Waals surface area (Å²) in [4.78, 5) is 12.0. The summed E-state index contributed by atoms with van der Waals surface area (Å²) in [5.74, 6) is 0.535. The quantitative estimate of drug-likeness (QED) is 0.732. The van der Waals surface area contributed by atoms with Crippen molar-refractivity contribution in [2.75, 3.05) is 19.0 Å². The van der Waals surface area contributed by atoms with Crippen molar-refractivity contribution in [3.63, 3.8) is 0 Å². The fourth-order valence-corrected chi connectivity index (χ4v) is 2.36. The molecule has 0 saturated heterocycles. The van der Waals surface area contributed by atoms with Crippen LogP contribution in [0, 0.1) is 0 Å². The van der Waals surface area contributed by atoms with Crippen LogP contribution in [0.2, 0.25) is 5.02 Å². The second-order valence-electron chi connectivity index (χ2n) is 5.13.